The number of hydrogen-bond donors (Lipinski definition) is 4. The number of nitrogens with zero attached hydrogens (tertiary/aromatic N) is 2. The minimum Gasteiger partial charge on any atom is -0.386 e. The highest BCUT2D eigenvalue weighted by molar-refractivity contribution is 5.86. The van der Waals surface area contributed by atoms with Crippen LogP contribution in [0.1, 0.15) is 76.1 Å². The lowest BCUT2D eigenvalue weighted by molar-refractivity contribution is -0.133. The second-order valence-corrected chi connectivity index (χ2v) is 12.5. The second kappa shape index (κ2) is 19.5. The predicted octanol–water partition coefficient (Wildman–Crippen LogP) is 6.48. The summed E-state index contributed by atoms with van der Waals surface area (Å²) in [4.78, 5) is 28.7. The minimum absolute atomic E-state index is 0.0102. The van der Waals surface area contributed by atoms with Gasteiger partial charge in [-0.1, -0.05) is 69.9 Å². The summed E-state index contributed by atoms with van der Waals surface area (Å²) >= 11 is 0. The summed E-state index contributed by atoms with van der Waals surface area (Å²) in [5.41, 5.74) is 10.1. The Morgan fingerprint density at radius 3 is 2.50 bits per heavy atom. The minimum atomic E-state index is -0.115. The van der Waals surface area contributed by atoms with Crippen molar-refractivity contribution < 1.29 is 9.59 Å². The molecule has 3 rings (SSSR count). The van der Waals surface area contributed by atoms with Crippen LogP contribution in [0.5, 0.6) is 0 Å². The van der Waals surface area contributed by atoms with E-state index in [1.165, 1.54) is 11.3 Å². The number of carbonyl (C=O) groups is 2. The third-order valence-electron chi connectivity index (χ3n) is 8.62. The number of hydrogen-bond acceptors (Lipinski definition) is 6. The Labute approximate surface area is 289 Å². The van der Waals surface area contributed by atoms with Crippen molar-refractivity contribution in [1.29, 1.82) is 0 Å². The Hall–Kier alpha value is -4.30. The van der Waals surface area contributed by atoms with Crippen LogP contribution in [0.3, 0.4) is 0 Å². The van der Waals surface area contributed by atoms with Gasteiger partial charge >= 0.3 is 0 Å². The van der Waals surface area contributed by atoms with Crippen molar-refractivity contribution in [3.63, 3.8) is 0 Å². The fourth-order valence-electron chi connectivity index (χ4n) is 5.92. The lowest BCUT2D eigenvalue weighted by Crippen LogP contribution is -2.46. The molecule has 2 aromatic rings. The molecule has 260 valence electrons. The summed E-state index contributed by atoms with van der Waals surface area (Å²) in [5.74, 6) is -0.177. The van der Waals surface area contributed by atoms with Crippen LogP contribution in [0.15, 0.2) is 67.3 Å². The predicted molar refractivity (Wildman–Crippen MR) is 205 cm³/mol. The molecule has 0 aromatic heterocycles. The van der Waals surface area contributed by atoms with Crippen LogP contribution in [-0.2, 0) is 16.0 Å². The first-order chi connectivity index (χ1) is 23.1. The van der Waals surface area contributed by atoms with Crippen molar-refractivity contribution in [2.45, 2.75) is 66.3 Å². The fraction of sp³-hybridized carbons (Fsp3) is 0.450. The number of carbonyl (C=O) groups excluding carboxylic acids is 2. The maximum Gasteiger partial charge on any atom is 0.242 e. The number of amides is 2. The standard InChI is InChI=1S/C40H58N6O2/c1-9-21-42-22-24-45(8)38-20-18-32(26-37(38)41-7)31-14-13-29(5)35-19-17-34(25-33(35)16-15-31)36(11-3)44-30(6)28-46(23-10-2)40(48)27-43-39(47)12-4/h11,13-15,17-20,25-26,30,41-42,44H,5,9-10,12,16,21-24,27-28H2,1-4,6-8H3,(H,43,47)/b14-13-,31-15+,36-11-. The molecule has 0 aliphatic heterocycles. The zero-order valence-corrected chi connectivity index (χ0v) is 30.3. The Kier molecular flexibility index (Phi) is 15.5. The van der Waals surface area contributed by atoms with Crippen molar-refractivity contribution in [2.24, 2.45) is 0 Å². The average molecular weight is 655 g/mol. The van der Waals surface area contributed by atoms with Crippen molar-refractivity contribution in [3.05, 3.63) is 89.5 Å². The van der Waals surface area contributed by atoms with Gasteiger partial charge in [-0.05, 0) is 91.3 Å². The summed E-state index contributed by atoms with van der Waals surface area (Å²) in [6, 6.07) is 13.2. The van der Waals surface area contributed by atoms with E-state index in [0.29, 0.717) is 19.5 Å². The van der Waals surface area contributed by atoms with E-state index < -0.39 is 0 Å². The first-order valence-corrected chi connectivity index (χ1v) is 17.6. The number of likely N-dealkylation sites (N-methyl/N-ethyl adjacent to an activating group) is 1. The fourth-order valence-corrected chi connectivity index (χ4v) is 5.92. The number of anilines is 2. The molecular weight excluding hydrogens is 596 g/mol. The van der Waals surface area contributed by atoms with Gasteiger partial charge in [-0.15, -0.1) is 0 Å². The molecular formula is C40H58N6O2. The molecule has 2 aromatic carbocycles. The number of allylic oxidation sites excluding steroid dienone is 6. The molecule has 0 radical (unpaired) electrons. The van der Waals surface area contributed by atoms with Gasteiger partial charge in [0, 0.05) is 58.4 Å². The van der Waals surface area contributed by atoms with Crippen LogP contribution >= 0.6 is 0 Å². The van der Waals surface area contributed by atoms with Crippen LogP contribution in [-0.4, -0.2) is 76.1 Å². The van der Waals surface area contributed by atoms with Gasteiger partial charge in [0.25, 0.3) is 0 Å². The molecule has 0 saturated carbocycles. The SMILES string of the molecule is C=C1/C=C\C(c2ccc(N(C)CCNCCC)c(NC)c2)=C/Cc2cc(/C(=C/C)NC(C)CN(CCC)C(=O)CNC(=O)CC)ccc21. The lowest BCUT2D eigenvalue weighted by Gasteiger charge is -2.28. The van der Waals surface area contributed by atoms with Crippen LogP contribution in [0, 0.1) is 0 Å². The maximum atomic E-state index is 12.9. The quantitative estimate of drug-likeness (QED) is 0.138. The van der Waals surface area contributed by atoms with E-state index in [2.05, 4.69) is 121 Å². The van der Waals surface area contributed by atoms with Gasteiger partial charge in [0.15, 0.2) is 0 Å². The van der Waals surface area contributed by atoms with Crippen LogP contribution < -0.4 is 26.2 Å². The summed E-state index contributed by atoms with van der Waals surface area (Å²) in [7, 11) is 4.12. The van der Waals surface area contributed by atoms with E-state index in [0.717, 1.165) is 78.1 Å². The van der Waals surface area contributed by atoms with Crippen LogP contribution in [0.25, 0.3) is 16.8 Å². The van der Waals surface area contributed by atoms with E-state index >= 15 is 0 Å². The molecule has 0 fully saturated rings. The molecule has 0 saturated heterocycles. The number of fused-ring (bicyclic) bond motifs is 1. The molecule has 0 spiro atoms. The molecule has 2 amide bonds. The van der Waals surface area contributed by atoms with Gasteiger partial charge in [0.2, 0.25) is 11.8 Å². The summed E-state index contributed by atoms with van der Waals surface area (Å²) in [6.45, 7) is 18.7. The van der Waals surface area contributed by atoms with Gasteiger partial charge in [-0.3, -0.25) is 9.59 Å². The molecule has 1 aliphatic carbocycles. The summed E-state index contributed by atoms with van der Waals surface area (Å²) in [6.07, 6.45) is 11.8. The largest absolute Gasteiger partial charge is 0.386 e. The highest BCUT2D eigenvalue weighted by atomic mass is 16.2. The van der Waals surface area contributed by atoms with Crippen molar-refractivity contribution in [1.82, 2.24) is 20.9 Å². The zero-order chi connectivity index (χ0) is 35.1. The molecule has 4 N–H and O–H groups in total. The van der Waals surface area contributed by atoms with Crippen LogP contribution in [0.4, 0.5) is 11.4 Å². The molecule has 1 atom stereocenters. The van der Waals surface area contributed by atoms with E-state index in [9.17, 15) is 9.59 Å². The first kappa shape index (κ1) is 38.2. The van der Waals surface area contributed by atoms with Crippen LogP contribution in [0.2, 0.25) is 0 Å². The molecule has 0 heterocycles. The van der Waals surface area contributed by atoms with E-state index in [4.69, 9.17) is 0 Å². The number of benzene rings is 2. The summed E-state index contributed by atoms with van der Waals surface area (Å²) < 4.78 is 0. The molecule has 1 unspecified atom stereocenters. The van der Waals surface area contributed by atoms with E-state index in [1.807, 2.05) is 18.9 Å². The smallest absolute Gasteiger partial charge is 0.242 e. The van der Waals surface area contributed by atoms with Gasteiger partial charge in [-0.2, -0.15) is 0 Å². The summed E-state index contributed by atoms with van der Waals surface area (Å²) in [5, 5.41) is 13.3. The third-order valence-corrected chi connectivity index (χ3v) is 8.62. The van der Waals surface area contributed by atoms with Gasteiger partial charge < -0.3 is 31.1 Å². The number of nitrogens with one attached hydrogen (secondary N) is 4. The van der Waals surface area contributed by atoms with Crippen molar-refractivity contribution in [2.75, 3.05) is 63.6 Å². The Morgan fingerprint density at radius 1 is 1.02 bits per heavy atom. The van der Waals surface area contributed by atoms with E-state index in [-0.39, 0.29) is 24.4 Å². The maximum absolute atomic E-state index is 12.9. The first-order valence-electron chi connectivity index (χ1n) is 17.6. The molecule has 8 nitrogen and oxygen atoms in total. The van der Waals surface area contributed by atoms with Crippen molar-refractivity contribution >= 4 is 40.0 Å². The number of rotatable bonds is 18. The Bertz CT molecular complexity index is 1490. The van der Waals surface area contributed by atoms with Crippen molar-refractivity contribution in [3.8, 4) is 0 Å². The van der Waals surface area contributed by atoms with Gasteiger partial charge in [-0.25, -0.2) is 0 Å². The third kappa shape index (κ3) is 10.9. The highest BCUT2D eigenvalue weighted by Crippen LogP contribution is 2.32. The average Bonchev–Trinajstić information content (AvgIpc) is 3.09. The lowest BCUT2D eigenvalue weighted by atomic mass is 9.90. The molecule has 1 aliphatic rings. The second-order valence-electron chi connectivity index (χ2n) is 12.5. The Morgan fingerprint density at radius 2 is 1.81 bits per heavy atom. The normalized spacial score (nSPS) is 15.3. The van der Waals surface area contributed by atoms with Gasteiger partial charge in [0.1, 0.15) is 0 Å². The zero-order valence-electron chi connectivity index (χ0n) is 30.3. The Balaban J connectivity index is 1.77. The van der Waals surface area contributed by atoms with E-state index in [1.54, 1.807) is 6.92 Å². The van der Waals surface area contributed by atoms with Gasteiger partial charge in [0.05, 0.1) is 17.9 Å². The topological polar surface area (TPSA) is 88.7 Å². The molecule has 8 heteroatoms. The molecule has 0 bridgehead atoms. The monoisotopic (exact) mass is 654 g/mol. The molecule has 48 heavy (non-hydrogen) atoms. The highest BCUT2D eigenvalue weighted by Gasteiger charge is 2.18.